The monoisotopic (exact) mass is 341 g/mol. The van der Waals surface area contributed by atoms with E-state index in [-0.39, 0.29) is 4.90 Å². The maximum atomic E-state index is 13.0. The highest BCUT2D eigenvalue weighted by Gasteiger charge is 2.72. The first-order chi connectivity index (χ1) is 11.5. The Balaban J connectivity index is 2.04. The van der Waals surface area contributed by atoms with Gasteiger partial charge in [0.2, 0.25) is 0 Å². The van der Waals surface area contributed by atoms with E-state index in [1.807, 2.05) is 31.2 Å². The molecule has 1 fully saturated rings. The van der Waals surface area contributed by atoms with Gasteiger partial charge in [-0.1, -0.05) is 49.4 Å². The van der Waals surface area contributed by atoms with Crippen molar-refractivity contribution < 1.29 is 13.5 Å². The molecule has 0 amide bonds. The largest absolute Gasteiger partial charge is 0.395 e. The van der Waals surface area contributed by atoms with Crippen LogP contribution >= 0.6 is 0 Å². The second-order valence-corrected chi connectivity index (χ2v) is 8.23. The minimum Gasteiger partial charge on any atom is -0.395 e. The maximum Gasteiger partial charge on any atom is 0.183 e. The van der Waals surface area contributed by atoms with Crippen LogP contribution in [-0.2, 0) is 16.3 Å². The molecule has 4 nitrogen and oxygen atoms in total. The lowest BCUT2D eigenvalue weighted by Crippen LogP contribution is -2.18. The zero-order valence-electron chi connectivity index (χ0n) is 13.4. The van der Waals surface area contributed by atoms with Crippen LogP contribution in [0.15, 0.2) is 59.5 Å². The molecular weight excluding hydrogens is 322 g/mol. The lowest BCUT2D eigenvalue weighted by atomic mass is 10.00. The van der Waals surface area contributed by atoms with Crippen LogP contribution in [0, 0.1) is 16.7 Å². The third-order valence-electron chi connectivity index (χ3n) is 4.88. The second kappa shape index (κ2) is 6.04. The number of rotatable bonds is 5. The smallest absolute Gasteiger partial charge is 0.183 e. The molecule has 5 heteroatoms. The summed E-state index contributed by atoms with van der Waals surface area (Å²) in [6, 6.07) is 17.8. The van der Waals surface area contributed by atoms with Crippen molar-refractivity contribution in [3.8, 4) is 6.07 Å². The SMILES string of the molecule is CCc1ccc([C@@H]2[C@@H](S(=O)(=O)c3ccccc3)[C@]2(C#N)CO)cc1. The van der Waals surface area contributed by atoms with Crippen LogP contribution in [0.5, 0.6) is 0 Å². The van der Waals surface area contributed by atoms with E-state index in [2.05, 4.69) is 6.07 Å². The first kappa shape index (κ1) is 16.7. The molecule has 1 aliphatic carbocycles. The van der Waals surface area contributed by atoms with E-state index in [9.17, 15) is 18.8 Å². The first-order valence-electron chi connectivity index (χ1n) is 7.91. The number of aliphatic hydroxyl groups is 1. The number of aliphatic hydroxyl groups excluding tert-OH is 1. The molecule has 2 aromatic rings. The van der Waals surface area contributed by atoms with Gasteiger partial charge in [-0.05, 0) is 29.7 Å². The Bertz CT molecular complexity index is 869. The van der Waals surface area contributed by atoms with Crippen LogP contribution in [0.4, 0.5) is 0 Å². The fraction of sp³-hybridized carbons (Fsp3) is 0.316. The highest BCUT2D eigenvalue weighted by atomic mass is 32.2. The van der Waals surface area contributed by atoms with E-state index in [0.717, 1.165) is 17.5 Å². The third-order valence-corrected chi connectivity index (χ3v) is 7.17. The van der Waals surface area contributed by atoms with Crippen molar-refractivity contribution in [1.82, 2.24) is 0 Å². The Morgan fingerprint density at radius 1 is 1.12 bits per heavy atom. The lowest BCUT2D eigenvalue weighted by molar-refractivity contribution is 0.242. The van der Waals surface area contributed by atoms with Gasteiger partial charge in [-0.25, -0.2) is 8.42 Å². The van der Waals surface area contributed by atoms with Crippen molar-refractivity contribution in [1.29, 1.82) is 5.26 Å². The predicted molar refractivity (Wildman–Crippen MR) is 91.1 cm³/mol. The van der Waals surface area contributed by atoms with E-state index >= 15 is 0 Å². The number of benzene rings is 2. The molecule has 3 rings (SSSR count). The Hall–Kier alpha value is -2.16. The van der Waals surface area contributed by atoms with Gasteiger partial charge in [-0.2, -0.15) is 5.26 Å². The number of hydrogen-bond donors (Lipinski definition) is 1. The van der Waals surface area contributed by atoms with E-state index in [1.54, 1.807) is 18.2 Å². The van der Waals surface area contributed by atoms with Crippen LogP contribution in [0.3, 0.4) is 0 Å². The number of nitrogens with zero attached hydrogens (tertiary/aromatic N) is 1. The van der Waals surface area contributed by atoms with Gasteiger partial charge in [-0.15, -0.1) is 0 Å². The molecule has 2 aromatic carbocycles. The summed E-state index contributed by atoms with van der Waals surface area (Å²) in [4.78, 5) is 0.191. The highest BCUT2D eigenvalue weighted by molar-refractivity contribution is 7.92. The predicted octanol–water partition coefficient (Wildman–Crippen LogP) is 2.69. The summed E-state index contributed by atoms with van der Waals surface area (Å²) in [7, 11) is -3.69. The quantitative estimate of drug-likeness (QED) is 0.907. The molecule has 0 unspecified atom stereocenters. The van der Waals surface area contributed by atoms with Crippen LogP contribution in [0.2, 0.25) is 0 Å². The van der Waals surface area contributed by atoms with E-state index in [0.29, 0.717) is 0 Å². The van der Waals surface area contributed by atoms with Crippen LogP contribution in [0.1, 0.15) is 24.0 Å². The Morgan fingerprint density at radius 3 is 2.25 bits per heavy atom. The molecule has 3 atom stereocenters. The average molecular weight is 341 g/mol. The van der Waals surface area contributed by atoms with Crippen molar-refractivity contribution in [2.75, 3.05) is 6.61 Å². The molecule has 1 saturated carbocycles. The fourth-order valence-electron chi connectivity index (χ4n) is 3.41. The molecule has 0 saturated heterocycles. The molecule has 24 heavy (non-hydrogen) atoms. The fourth-order valence-corrected chi connectivity index (χ4v) is 5.74. The minimum absolute atomic E-state index is 0.191. The zero-order chi connectivity index (χ0) is 17.4. The molecule has 124 valence electrons. The Morgan fingerprint density at radius 2 is 1.75 bits per heavy atom. The molecule has 0 aliphatic heterocycles. The summed E-state index contributed by atoms with van der Waals surface area (Å²) in [5.74, 6) is -0.511. The minimum atomic E-state index is -3.69. The van der Waals surface area contributed by atoms with Crippen LogP contribution in [0.25, 0.3) is 0 Å². The van der Waals surface area contributed by atoms with Gasteiger partial charge >= 0.3 is 0 Å². The Kier molecular flexibility index (Phi) is 4.20. The van der Waals surface area contributed by atoms with Gasteiger partial charge in [0, 0.05) is 5.92 Å². The van der Waals surface area contributed by atoms with Gasteiger partial charge in [0.25, 0.3) is 0 Å². The normalized spacial score (nSPS) is 25.9. The number of aryl methyl sites for hydroxylation is 1. The van der Waals surface area contributed by atoms with Crippen LogP contribution in [-0.4, -0.2) is 25.4 Å². The summed E-state index contributed by atoms with van der Waals surface area (Å²) in [5, 5.41) is 18.5. The van der Waals surface area contributed by atoms with Gasteiger partial charge in [0.1, 0.15) is 5.41 Å². The third kappa shape index (κ3) is 2.43. The molecule has 0 spiro atoms. The zero-order valence-corrected chi connectivity index (χ0v) is 14.2. The number of nitriles is 1. The molecule has 0 radical (unpaired) electrons. The molecular formula is C19H19NO3S. The summed E-state index contributed by atoms with van der Waals surface area (Å²) < 4.78 is 25.9. The van der Waals surface area contributed by atoms with Crippen molar-refractivity contribution in [3.05, 3.63) is 65.7 Å². The summed E-state index contributed by atoms with van der Waals surface area (Å²) in [6.45, 7) is 1.57. The molecule has 1 aliphatic rings. The lowest BCUT2D eigenvalue weighted by Gasteiger charge is -2.05. The molecule has 0 aromatic heterocycles. The Labute approximate surface area is 142 Å². The maximum absolute atomic E-state index is 13.0. The molecule has 0 heterocycles. The van der Waals surface area contributed by atoms with E-state index in [4.69, 9.17) is 0 Å². The van der Waals surface area contributed by atoms with Gasteiger partial charge in [0.15, 0.2) is 9.84 Å². The summed E-state index contributed by atoms with van der Waals surface area (Å²) in [5.41, 5.74) is 0.656. The van der Waals surface area contributed by atoms with Crippen molar-refractivity contribution in [2.45, 2.75) is 29.4 Å². The van der Waals surface area contributed by atoms with Crippen molar-refractivity contribution >= 4 is 9.84 Å². The molecule has 0 bridgehead atoms. The van der Waals surface area contributed by atoms with E-state index < -0.39 is 33.0 Å². The van der Waals surface area contributed by atoms with Gasteiger partial charge in [0.05, 0.1) is 22.8 Å². The second-order valence-electron chi connectivity index (χ2n) is 6.16. The van der Waals surface area contributed by atoms with Gasteiger partial charge < -0.3 is 5.11 Å². The van der Waals surface area contributed by atoms with Crippen LogP contribution < -0.4 is 0 Å². The first-order valence-corrected chi connectivity index (χ1v) is 9.45. The number of hydrogen-bond acceptors (Lipinski definition) is 4. The summed E-state index contributed by atoms with van der Waals surface area (Å²) >= 11 is 0. The standard InChI is InChI=1S/C19H19NO3S/c1-2-14-8-10-15(11-9-14)17-18(19(17,12-20)13-21)24(22,23)16-6-4-3-5-7-16/h3-11,17-18,21H,2,13H2,1H3/t17-,18-,19-/m1/s1. The number of sulfone groups is 1. The topological polar surface area (TPSA) is 78.2 Å². The van der Waals surface area contributed by atoms with E-state index in [1.165, 1.54) is 12.1 Å². The van der Waals surface area contributed by atoms with Gasteiger partial charge in [-0.3, -0.25) is 0 Å². The van der Waals surface area contributed by atoms with Crippen molar-refractivity contribution in [3.63, 3.8) is 0 Å². The summed E-state index contributed by atoms with van der Waals surface area (Å²) in [6.07, 6.45) is 0.889. The van der Waals surface area contributed by atoms with Crippen molar-refractivity contribution in [2.24, 2.45) is 5.41 Å². The highest BCUT2D eigenvalue weighted by Crippen LogP contribution is 2.63. The average Bonchev–Trinajstić information content (AvgIpc) is 3.33. The molecule has 1 N–H and O–H groups in total.